The van der Waals surface area contributed by atoms with Gasteiger partial charge in [0.15, 0.2) is 0 Å². The van der Waals surface area contributed by atoms with E-state index in [0.29, 0.717) is 47.7 Å². The van der Waals surface area contributed by atoms with Crippen molar-refractivity contribution in [1.82, 2.24) is 14.9 Å². The minimum atomic E-state index is -0.389. The summed E-state index contributed by atoms with van der Waals surface area (Å²) in [7, 11) is 0. The Morgan fingerprint density at radius 2 is 1.88 bits per heavy atom. The van der Waals surface area contributed by atoms with Gasteiger partial charge in [0.25, 0.3) is 5.91 Å². The molecule has 0 spiro atoms. The number of aromatic nitrogens is 2. The van der Waals surface area contributed by atoms with Crippen LogP contribution in [-0.4, -0.2) is 53.4 Å². The average molecular weight is 380 g/mol. The van der Waals surface area contributed by atoms with Crippen molar-refractivity contribution < 1.29 is 9.59 Å². The summed E-state index contributed by atoms with van der Waals surface area (Å²) < 4.78 is 0. The normalized spacial score (nSPS) is 14.3. The molecule has 1 aliphatic heterocycles. The molecule has 1 aliphatic rings. The highest BCUT2D eigenvalue weighted by molar-refractivity contribution is 6.36. The van der Waals surface area contributed by atoms with E-state index in [4.69, 9.17) is 23.2 Å². The van der Waals surface area contributed by atoms with Crippen molar-refractivity contribution in [2.45, 2.75) is 0 Å². The van der Waals surface area contributed by atoms with Gasteiger partial charge in [-0.1, -0.05) is 23.2 Å². The second kappa shape index (κ2) is 7.67. The van der Waals surface area contributed by atoms with E-state index in [9.17, 15) is 9.59 Å². The van der Waals surface area contributed by atoms with Crippen molar-refractivity contribution in [2.24, 2.45) is 0 Å². The molecule has 1 fully saturated rings. The Balaban J connectivity index is 1.72. The predicted molar refractivity (Wildman–Crippen MR) is 96.3 cm³/mol. The van der Waals surface area contributed by atoms with E-state index in [0.717, 1.165) is 6.41 Å². The van der Waals surface area contributed by atoms with Crippen LogP contribution in [0.3, 0.4) is 0 Å². The average Bonchev–Trinajstić information content (AvgIpc) is 2.64. The lowest BCUT2D eigenvalue weighted by atomic mass is 10.2. The molecule has 0 bridgehead atoms. The van der Waals surface area contributed by atoms with Gasteiger partial charge in [-0.3, -0.25) is 9.59 Å². The number of hydrogen-bond donors (Lipinski definition) is 1. The van der Waals surface area contributed by atoms with Crippen molar-refractivity contribution in [3.8, 4) is 0 Å². The van der Waals surface area contributed by atoms with Crippen molar-refractivity contribution >= 4 is 47.0 Å². The smallest absolute Gasteiger partial charge is 0.274 e. The SMILES string of the molecule is O=CN1CCN(c2cc(C(=O)Nc3ccc(Cl)cc3Cl)ncn2)CC1. The van der Waals surface area contributed by atoms with Crippen LogP contribution in [-0.2, 0) is 4.79 Å². The topological polar surface area (TPSA) is 78.4 Å². The van der Waals surface area contributed by atoms with E-state index in [1.54, 1.807) is 29.2 Å². The summed E-state index contributed by atoms with van der Waals surface area (Å²) in [6.07, 6.45) is 2.19. The Bertz CT molecular complexity index is 794. The number of benzene rings is 1. The quantitative estimate of drug-likeness (QED) is 0.824. The van der Waals surface area contributed by atoms with Gasteiger partial charge in [0, 0.05) is 37.3 Å². The van der Waals surface area contributed by atoms with Gasteiger partial charge in [0.1, 0.15) is 17.8 Å². The van der Waals surface area contributed by atoms with Gasteiger partial charge < -0.3 is 15.1 Å². The molecule has 0 unspecified atom stereocenters. The third kappa shape index (κ3) is 4.18. The predicted octanol–water partition coefficient (Wildman–Crippen LogP) is 2.31. The van der Waals surface area contributed by atoms with Crippen LogP contribution in [0.25, 0.3) is 0 Å². The number of rotatable bonds is 4. The van der Waals surface area contributed by atoms with E-state index in [1.807, 2.05) is 4.90 Å². The lowest BCUT2D eigenvalue weighted by molar-refractivity contribution is -0.118. The molecule has 3 rings (SSSR count). The summed E-state index contributed by atoms with van der Waals surface area (Å²) >= 11 is 11.9. The largest absolute Gasteiger partial charge is 0.353 e. The third-order valence-electron chi connectivity index (χ3n) is 3.85. The van der Waals surface area contributed by atoms with Crippen LogP contribution in [0.1, 0.15) is 10.5 Å². The lowest BCUT2D eigenvalue weighted by Crippen LogP contribution is -2.46. The Hall–Kier alpha value is -2.38. The number of nitrogens with one attached hydrogen (secondary N) is 1. The van der Waals surface area contributed by atoms with Gasteiger partial charge >= 0.3 is 0 Å². The molecule has 1 aromatic carbocycles. The molecule has 2 aromatic rings. The number of hydrogen-bond acceptors (Lipinski definition) is 5. The molecule has 0 saturated carbocycles. The summed E-state index contributed by atoms with van der Waals surface area (Å²) in [5, 5.41) is 3.54. The molecule has 0 atom stereocenters. The van der Waals surface area contributed by atoms with Gasteiger partial charge in [0.05, 0.1) is 10.7 Å². The fourth-order valence-electron chi connectivity index (χ4n) is 2.48. The zero-order valence-electron chi connectivity index (χ0n) is 13.2. The van der Waals surface area contributed by atoms with Gasteiger partial charge in [-0.25, -0.2) is 9.97 Å². The number of carbonyl (C=O) groups excluding carboxylic acids is 2. The molecular weight excluding hydrogens is 365 g/mol. The summed E-state index contributed by atoms with van der Waals surface area (Å²) in [6.45, 7) is 2.55. The Morgan fingerprint density at radius 3 is 2.56 bits per heavy atom. The molecule has 0 aliphatic carbocycles. The van der Waals surface area contributed by atoms with Gasteiger partial charge in [-0.15, -0.1) is 0 Å². The number of anilines is 2. The van der Waals surface area contributed by atoms with Crippen molar-refractivity contribution in [1.29, 1.82) is 0 Å². The van der Waals surface area contributed by atoms with Crippen LogP contribution in [0, 0.1) is 0 Å². The highest BCUT2D eigenvalue weighted by Gasteiger charge is 2.18. The van der Waals surface area contributed by atoms with E-state index in [-0.39, 0.29) is 11.6 Å². The molecule has 9 heteroatoms. The summed E-state index contributed by atoms with van der Waals surface area (Å²) in [4.78, 5) is 35.1. The number of carbonyl (C=O) groups is 2. The summed E-state index contributed by atoms with van der Waals surface area (Å²) in [5.74, 6) is 0.257. The Morgan fingerprint density at radius 1 is 1.12 bits per heavy atom. The first-order valence-corrected chi connectivity index (χ1v) is 8.35. The highest BCUT2D eigenvalue weighted by Crippen LogP contribution is 2.26. The first-order valence-electron chi connectivity index (χ1n) is 7.59. The molecule has 7 nitrogen and oxygen atoms in total. The summed E-state index contributed by atoms with van der Waals surface area (Å²) in [5.41, 5.74) is 0.685. The van der Waals surface area contributed by atoms with Gasteiger partial charge in [-0.05, 0) is 18.2 Å². The first-order chi connectivity index (χ1) is 12.1. The van der Waals surface area contributed by atoms with Crippen molar-refractivity contribution in [2.75, 3.05) is 36.4 Å². The molecule has 2 amide bonds. The fraction of sp³-hybridized carbons (Fsp3) is 0.250. The maximum absolute atomic E-state index is 12.4. The maximum atomic E-state index is 12.4. The number of amides is 2. The van der Waals surface area contributed by atoms with E-state index in [1.165, 1.54) is 6.33 Å². The van der Waals surface area contributed by atoms with Crippen molar-refractivity contribution in [3.63, 3.8) is 0 Å². The van der Waals surface area contributed by atoms with Crippen LogP contribution in [0.15, 0.2) is 30.6 Å². The standard InChI is InChI=1S/C16H15Cl2N5O2/c17-11-1-2-13(12(18)7-11)21-16(25)14-8-15(20-9-19-14)23-5-3-22(10-24)4-6-23/h1-2,7-10H,3-6H2,(H,21,25). The number of piperazine rings is 1. The molecule has 25 heavy (non-hydrogen) atoms. The maximum Gasteiger partial charge on any atom is 0.274 e. The minimum Gasteiger partial charge on any atom is -0.353 e. The Labute approximate surface area is 154 Å². The van der Waals surface area contributed by atoms with E-state index in [2.05, 4.69) is 15.3 Å². The molecule has 0 radical (unpaired) electrons. The molecular formula is C16H15Cl2N5O2. The van der Waals surface area contributed by atoms with Crippen LogP contribution in [0.5, 0.6) is 0 Å². The van der Waals surface area contributed by atoms with E-state index < -0.39 is 0 Å². The van der Waals surface area contributed by atoms with Crippen LogP contribution in [0.2, 0.25) is 10.0 Å². The molecule has 1 saturated heterocycles. The zero-order chi connectivity index (χ0) is 17.8. The third-order valence-corrected chi connectivity index (χ3v) is 4.40. The minimum absolute atomic E-state index is 0.230. The first kappa shape index (κ1) is 17.4. The van der Waals surface area contributed by atoms with Crippen LogP contribution < -0.4 is 10.2 Å². The fourth-order valence-corrected chi connectivity index (χ4v) is 2.93. The summed E-state index contributed by atoms with van der Waals surface area (Å²) in [6, 6.07) is 6.44. The molecule has 1 aromatic heterocycles. The lowest BCUT2D eigenvalue weighted by Gasteiger charge is -2.33. The second-order valence-electron chi connectivity index (χ2n) is 5.47. The van der Waals surface area contributed by atoms with E-state index >= 15 is 0 Å². The molecule has 2 heterocycles. The van der Waals surface area contributed by atoms with Gasteiger partial charge in [-0.2, -0.15) is 0 Å². The number of halogens is 2. The Kier molecular flexibility index (Phi) is 5.35. The van der Waals surface area contributed by atoms with Crippen molar-refractivity contribution in [3.05, 3.63) is 46.3 Å². The number of nitrogens with zero attached hydrogens (tertiary/aromatic N) is 4. The van der Waals surface area contributed by atoms with Crippen LogP contribution in [0.4, 0.5) is 11.5 Å². The molecule has 1 N–H and O–H groups in total. The highest BCUT2D eigenvalue weighted by atomic mass is 35.5. The monoisotopic (exact) mass is 379 g/mol. The van der Waals surface area contributed by atoms with Gasteiger partial charge in [0.2, 0.25) is 6.41 Å². The molecule has 130 valence electrons. The zero-order valence-corrected chi connectivity index (χ0v) is 14.7. The van der Waals surface area contributed by atoms with Crippen LogP contribution >= 0.6 is 23.2 Å². The second-order valence-corrected chi connectivity index (χ2v) is 6.31.